The fourth-order valence-electron chi connectivity index (χ4n) is 3.85. The molecule has 0 aliphatic rings. The predicted octanol–water partition coefficient (Wildman–Crippen LogP) is 8.93. The molecule has 0 unspecified atom stereocenters. The van der Waals surface area contributed by atoms with Crippen molar-refractivity contribution in [3.63, 3.8) is 0 Å². The minimum absolute atomic E-state index is 0.179. The van der Waals surface area contributed by atoms with Crippen molar-refractivity contribution in [2.75, 3.05) is 9.96 Å². The van der Waals surface area contributed by atoms with Crippen LogP contribution in [0.3, 0.4) is 0 Å². The van der Waals surface area contributed by atoms with Gasteiger partial charge in [0.05, 0.1) is 11.4 Å². The number of hydrogen-bond donors (Lipinski definition) is 2. The molecular formula is C27H50N2O2Si4. The Bertz CT molecular complexity index is 946. The molecular weight excluding hydrogens is 497 g/mol. The van der Waals surface area contributed by atoms with Crippen LogP contribution in [0.25, 0.3) is 0 Å². The molecule has 35 heavy (non-hydrogen) atoms. The number of rotatable bonds is 10. The second kappa shape index (κ2) is 10.1. The molecule has 196 valence electrons. The third kappa shape index (κ3) is 9.48. The van der Waals surface area contributed by atoms with Crippen molar-refractivity contribution < 1.29 is 8.85 Å². The molecule has 0 amide bonds. The molecule has 2 aromatic rings. The molecule has 2 N–H and O–H groups in total. The summed E-state index contributed by atoms with van der Waals surface area (Å²) in [6.07, 6.45) is 0. The summed E-state index contributed by atoms with van der Waals surface area (Å²) in [7, 11) is -6.59. The molecule has 0 aliphatic carbocycles. The molecule has 0 saturated heterocycles. The average molecular weight is 547 g/mol. The van der Waals surface area contributed by atoms with Crippen LogP contribution in [0, 0.1) is 0 Å². The Labute approximate surface area is 219 Å². The molecule has 0 saturated carbocycles. The van der Waals surface area contributed by atoms with Crippen LogP contribution in [0.1, 0.15) is 25.0 Å². The van der Waals surface area contributed by atoms with Crippen LogP contribution in [0.5, 0.6) is 11.5 Å². The molecule has 0 aliphatic heterocycles. The lowest BCUT2D eigenvalue weighted by atomic mass is 9.78. The number of benzene rings is 2. The van der Waals surface area contributed by atoms with Gasteiger partial charge in [-0.15, -0.1) is 0 Å². The molecule has 0 fully saturated rings. The Morgan fingerprint density at radius 1 is 0.543 bits per heavy atom. The van der Waals surface area contributed by atoms with Crippen molar-refractivity contribution in [3.8, 4) is 11.5 Å². The van der Waals surface area contributed by atoms with E-state index >= 15 is 0 Å². The SMILES string of the molecule is CC(C)(c1ccc(O[Si](C)(C)C)c(N[Si](C)(C)C)c1)c1ccc(O[Si](C)(C)C)c(N[Si](C)(C)C)c1. The molecule has 0 bridgehead atoms. The lowest BCUT2D eigenvalue weighted by molar-refractivity contribution is 0.557. The largest absolute Gasteiger partial charge is 0.543 e. The zero-order valence-corrected chi connectivity index (χ0v) is 28.8. The number of nitrogens with one attached hydrogen (secondary N) is 2. The Hall–Kier alpha value is -1.49. The van der Waals surface area contributed by atoms with E-state index in [1.807, 2.05) is 0 Å². The maximum atomic E-state index is 6.47. The van der Waals surface area contributed by atoms with Crippen LogP contribution >= 0.6 is 0 Å². The molecule has 2 aromatic carbocycles. The van der Waals surface area contributed by atoms with Gasteiger partial charge in [-0.1, -0.05) is 65.3 Å². The van der Waals surface area contributed by atoms with E-state index in [2.05, 4.69) is 139 Å². The minimum Gasteiger partial charge on any atom is -0.543 e. The van der Waals surface area contributed by atoms with Gasteiger partial charge in [-0.3, -0.25) is 0 Å². The normalized spacial score (nSPS) is 13.4. The first kappa shape index (κ1) is 29.7. The molecule has 0 spiro atoms. The Morgan fingerprint density at radius 3 is 1.11 bits per heavy atom. The van der Waals surface area contributed by atoms with Gasteiger partial charge in [0.1, 0.15) is 28.0 Å². The first-order valence-corrected chi connectivity index (χ1v) is 26.6. The van der Waals surface area contributed by atoms with Crippen molar-refractivity contribution in [2.24, 2.45) is 0 Å². The zero-order valence-electron chi connectivity index (χ0n) is 24.8. The van der Waals surface area contributed by atoms with Crippen LogP contribution in [-0.4, -0.2) is 33.1 Å². The monoisotopic (exact) mass is 546 g/mol. The highest BCUT2D eigenvalue weighted by molar-refractivity contribution is 6.79. The second-order valence-electron chi connectivity index (χ2n) is 14.2. The summed E-state index contributed by atoms with van der Waals surface area (Å²) in [5.41, 5.74) is 4.62. The van der Waals surface area contributed by atoms with Gasteiger partial charge in [0.15, 0.2) is 0 Å². The van der Waals surface area contributed by atoms with Crippen molar-refractivity contribution in [1.29, 1.82) is 0 Å². The number of hydrogen-bond acceptors (Lipinski definition) is 4. The molecule has 4 nitrogen and oxygen atoms in total. The minimum atomic E-state index is -1.73. The van der Waals surface area contributed by atoms with E-state index in [-0.39, 0.29) is 5.41 Å². The smallest absolute Gasteiger partial charge is 0.242 e. The summed E-state index contributed by atoms with van der Waals surface area (Å²) in [4.78, 5) is 7.66. The van der Waals surface area contributed by atoms with Gasteiger partial charge in [-0.05, 0) is 74.7 Å². The van der Waals surface area contributed by atoms with Gasteiger partial charge in [0, 0.05) is 5.41 Å². The van der Waals surface area contributed by atoms with E-state index < -0.39 is 33.1 Å². The Kier molecular flexibility index (Phi) is 8.59. The molecule has 8 heteroatoms. The lowest BCUT2D eigenvalue weighted by Gasteiger charge is -2.32. The first-order chi connectivity index (χ1) is 15.6. The highest BCUT2D eigenvalue weighted by Gasteiger charge is 2.29. The van der Waals surface area contributed by atoms with Gasteiger partial charge in [0.25, 0.3) is 0 Å². The summed E-state index contributed by atoms with van der Waals surface area (Å²) in [6, 6.07) is 13.4. The van der Waals surface area contributed by atoms with Crippen molar-refractivity contribution in [2.45, 2.75) is 97.8 Å². The number of anilines is 2. The summed E-state index contributed by atoms with van der Waals surface area (Å²) in [6.45, 7) is 32.0. The molecule has 0 radical (unpaired) electrons. The molecule has 2 rings (SSSR count). The quantitative estimate of drug-likeness (QED) is 0.292. The van der Waals surface area contributed by atoms with E-state index in [1.165, 1.54) is 11.1 Å². The van der Waals surface area contributed by atoms with Crippen LogP contribution in [0.2, 0.25) is 78.6 Å². The van der Waals surface area contributed by atoms with Gasteiger partial charge in [-0.25, -0.2) is 0 Å². The van der Waals surface area contributed by atoms with E-state index in [4.69, 9.17) is 8.85 Å². The average Bonchev–Trinajstić information content (AvgIpc) is 2.59. The fourth-order valence-corrected chi connectivity index (χ4v) is 7.53. The van der Waals surface area contributed by atoms with E-state index in [0.717, 1.165) is 22.9 Å². The predicted molar refractivity (Wildman–Crippen MR) is 167 cm³/mol. The van der Waals surface area contributed by atoms with Crippen LogP contribution in [0.4, 0.5) is 11.4 Å². The van der Waals surface area contributed by atoms with E-state index in [9.17, 15) is 0 Å². The van der Waals surface area contributed by atoms with Crippen molar-refractivity contribution >= 4 is 44.5 Å². The van der Waals surface area contributed by atoms with Crippen LogP contribution < -0.4 is 18.8 Å². The van der Waals surface area contributed by atoms with Crippen LogP contribution in [0.15, 0.2) is 36.4 Å². The van der Waals surface area contributed by atoms with Gasteiger partial charge < -0.3 is 18.8 Å². The van der Waals surface area contributed by atoms with Gasteiger partial charge in [0.2, 0.25) is 16.6 Å². The van der Waals surface area contributed by atoms with Gasteiger partial charge >= 0.3 is 0 Å². The van der Waals surface area contributed by atoms with E-state index in [0.29, 0.717) is 0 Å². The summed E-state index contributed by atoms with van der Waals surface area (Å²) in [5.74, 6) is 1.96. The maximum Gasteiger partial charge on any atom is 0.242 e. The van der Waals surface area contributed by atoms with Crippen LogP contribution in [-0.2, 0) is 5.41 Å². The molecule has 0 aromatic heterocycles. The van der Waals surface area contributed by atoms with Crippen molar-refractivity contribution in [1.82, 2.24) is 0 Å². The fraction of sp³-hybridized carbons (Fsp3) is 0.556. The summed E-state index contributed by atoms with van der Waals surface area (Å²) >= 11 is 0. The topological polar surface area (TPSA) is 42.5 Å². The van der Waals surface area contributed by atoms with E-state index in [1.54, 1.807) is 0 Å². The standard InChI is InChI=1S/C27H50N2O2Si4/c1-27(2,21-15-17-25(30-34(9,10)11)23(19-21)28-32(3,4)5)22-16-18-26(31-35(12,13)14)24(20-22)29-33(6,7)8/h15-20,28-29H,1-14H3. The first-order valence-electron chi connectivity index (χ1n) is 12.8. The Balaban J connectivity index is 2.59. The summed E-state index contributed by atoms with van der Waals surface area (Å²) < 4.78 is 12.9. The Morgan fingerprint density at radius 2 is 0.857 bits per heavy atom. The molecule has 0 atom stereocenters. The molecule has 0 heterocycles. The second-order valence-corrected chi connectivity index (χ2v) is 32.6. The lowest BCUT2D eigenvalue weighted by Crippen LogP contribution is -2.35. The highest BCUT2D eigenvalue weighted by Crippen LogP contribution is 2.40. The third-order valence-electron chi connectivity index (χ3n) is 5.25. The third-order valence-corrected chi connectivity index (χ3v) is 8.96. The highest BCUT2D eigenvalue weighted by atomic mass is 28.4. The maximum absolute atomic E-state index is 6.47. The zero-order chi connectivity index (χ0) is 27.0. The van der Waals surface area contributed by atoms with Gasteiger partial charge in [-0.2, -0.15) is 0 Å². The summed E-state index contributed by atoms with van der Waals surface area (Å²) in [5, 5.41) is 0. The van der Waals surface area contributed by atoms with Crippen molar-refractivity contribution in [3.05, 3.63) is 47.5 Å².